The number of ether oxygens (including phenoxy) is 1. The molecule has 0 aromatic heterocycles. The predicted molar refractivity (Wildman–Crippen MR) is 82.3 cm³/mol. The number of hydrogen-bond donors (Lipinski definition) is 2. The number of nitrogens with one attached hydrogen (secondary N) is 1. The summed E-state index contributed by atoms with van der Waals surface area (Å²) in [6, 6.07) is 16.3. The molecule has 3 heteroatoms. The highest BCUT2D eigenvalue weighted by molar-refractivity contribution is 5.65. The SMILES string of the molecule is Oc1cccc2c1N[C@H](c1ccccc1)[C@H]1CCCO[C@H]21. The van der Waals surface area contributed by atoms with Gasteiger partial charge < -0.3 is 15.2 Å². The third-order valence-electron chi connectivity index (χ3n) is 4.64. The van der Waals surface area contributed by atoms with Crippen molar-refractivity contribution < 1.29 is 9.84 Å². The van der Waals surface area contributed by atoms with E-state index in [1.807, 2.05) is 12.1 Å². The molecule has 0 bridgehead atoms. The number of hydrogen-bond acceptors (Lipinski definition) is 3. The van der Waals surface area contributed by atoms with E-state index in [9.17, 15) is 5.11 Å². The van der Waals surface area contributed by atoms with E-state index < -0.39 is 0 Å². The van der Waals surface area contributed by atoms with Gasteiger partial charge in [0.1, 0.15) is 5.75 Å². The molecule has 4 rings (SSSR count). The van der Waals surface area contributed by atoms with E-state index in [4.69, 9.17) is 4.74 Å². The summed E-state index contributed by atoms with van der Waals surface area (Å²) in [7, 11) is 0. The van der Waals surface area contributed by atoms with Crippen molar-refractivity contribution in [2.24, 2.45) is 5.92 Å². The maximum atomic E-state index is 10.2. The van der Waals surface area contributed by atoms with E-state index in [0.717, 1.165) is 30.7 Å². The summed E-state index contributed by atoms with van der Waals surface area (Å²) in [5.74, 6) is 0.719. The van der Waals surface area contributed by atoms with Gasteiger partial charge in [-0.25, -0.2) is 0 Å². The van der Waals surface area contributed by atoms with Gasteiger partial charge >= 0.3 is 0 Å². The summed E-state index contributed by atoms with van der Waals surface area (Å²) >= 11 is 0. The topological polar surface area (TPSA) is 41.5 Å². The zero-order valence-electron chi connectivity index (χ0n) is 11.8. The van der Waals surface area contributed by atoms with Crippen molar-refractivity contribution in [3.8, 4) is 5.75 Å². The van der Waals surface area contributed by atoms with Crippen LogP contribution in [-0.4, -0.2) is 11.7 Å². The summed E-state index contributed by atoms with van der Waals surface area (Å²) in [6.45, 7) is 0.803. The Labute approximate surface area is 124 Å². The number of phenolic OH excluding ortho intramolecular Hbond substituents is 1. The summed E-state index contributed by atoms with van der Waals surface area (Å²) in [5.41, 5.74) is 3.17. The lowest BCUT2D eigenvalue weighted by molar-refractivity contribution is -0.0382. The largest absolute Gasteiger partial charge is 0.506 e. The van der Waals surface area contributed by atoms with Gasteiger partial charge in [0.15, 0.2) is 0 Å². The standard InChI is InChI=1S/C18H19NO2/c20-15-10-4-8-14-17(15)19-16(12-6-2-1-3-7-12)13-9-5-11-21-18(13)14/h1-4,6-8,10,13,16,18-20H,5,9,11H2/t13-,16-,18+/m1/s1. The van der Waals surface area contributed by atoms with Gasteiger partial charge in [-0.15, -0.1) is 0 Å². The Kier molecular flexibility index (Phi) is 3.08. The third-order valence-corrected chi connectivity index (χ3v) is 4.64. The van der Waals surface area contributed by atoms with Crippen molar-refractivity contribution in [1.82, 2.24) is 0 Å². The van der Waals surface area contributed by atoms with Gasteiger partial charge in [0, 0.05) is 18.1 Å². The summed E-state index contributed by atoms with van der Waals surface area (Å²) in [4.78, 5) is 0. The van der Waals surface area contributed by atoms with Crippen molar-refractivity contribution in [3.63, 3.8) is 0 Å². The molecule has 0 unspecified atom stereocenters. The maximum absolute atomic E-state index is 10.2. The molecule has 108 valence electrons. The molecule has 2 aromatic carbocycles. The van der Waals surface area contributed by atoms with Crippen molar-refractivity contribution in [2.75, 3.05) is 11.9 Å². The van der Waals surface area contributed by atoms with Crippen molar-refractivity contribution in [3.05, 3.63) is 59.7 Å². The third kappa shape index (κ3) is 2.09. The minimum atomic E-state index is 0.0762. The first-order chi connectivity index (χ1) is 10.3. The average molecular weight is 281 g/mol. The van der Waals surface area contributed by atoms with Crippen molar-refractivity contribution in [2.45, 2.75) is 25.0 Å². The molecule has 21 heavy (non-hydrogen) atoms. The normalized spacial score (nSPS) is 27.3. The van der Waals surface area contributed by atoms with Crippen LogP contribution in [0.4, 0.5) is 5.69 Å². The lowest BCUT2D eigenvalue weighted by atomic mass is 9.77. The highest BCUT2D eigenvalue weighted by Gasteiger charge is 2.40. The molecule has 1 saturated heterocycles. The predicted octanol–water partition coefficient (Wildman–Crippen LogP) is 4.03. The number of anilines is 1. The molecule has 2 aromatic rings. The van der Waals surface area contributed by atoms with Gasteiger partial charge in [0.25, 0.3) is 0 Å². The number of benzene rings is 2. The van der Waals surface area contributed by atoms with Crippen LogP contribution < -0.4 is 5.32 Å². The molecule has 1 fully saturated rings. The van der Waals surface area contributed by atoms with Crippen LogP contribution >= 0.6 is 0 Å². The van der Waals surface area contributed by atoms with Crippen molar-refractivity contribution in [1.29, 1.82) is 0 Å². The fourth-order valence-corrected chi connectivity index (χ4v) is 3.67. The maximum Gasteiger partial charge on any atom is 0.139 e. The molecule has 0 amide bonds. The molecule has 0 spiro atoms. The molecule has 0 saturated carbocycles. The minimum Gasteiger partial charge on any atom is -0.506 e. The summed E-state index contributed by atoms with van der Waals surface area (Å²) in [5, 5.41) is 13.7. The monoisotopic (exact) mass is 281 g/mol. The zero-order chi connectivity index (χ0) is 14.2. The molecule has 2 aliphatic rings. The second-order valence-electron chi connectivity index (χ2n) is 5.87. The van der Waals surface area contributed by atoms with E-state index >= 15 is 0 Å². The molecule has 2 aliphatic heterocycles. The molecular weight excluding hydrogens is 262 g/mol. The van der Waals surface area contributed by atoms with Crippen LogP contribution in [0.1, 0.15) is 36.1 Å². The molecule has 0 aliphatic carbocycles. The van der Waals surface area contributed by atoms with Crippen LogP contribution in [0.25, 0.3) is 0 Å². The zero-order valence-corrected chi connectivity index (χ0v) is 11.8. The Hall–Kier alpha value is -2.00. The first-order valence-corrected chi connectivity index (χ1v) is 7.59. The number of para-hydroxylation sites is 1. The Morgan fingerprint density at radius 1 is 1.05 bits per heavy atom. The van der Waals surface area contributed by atoms with Gasteiger partial charge in [-0.2, -0.15) is 0 Å². The van der Waals surface area contributed by atoms with Gasteiger partial charge in [-0.3, -0.25) is 0 Å². The average Bonchev–Trinajstić information content (AvgIpc) is 2.55. The van der Waals surface area contributed by atoms with Crippen LogP contribution in [0.2, 0.25) is 0 Å². The minimum absolute atomic E-state index is 0.0762. The lowest BCUT2D eigenvalue weighted by Gasteiger charge is -2.43. The molecule has 2 heterocycles. The van der Waals surface area contributed by atoms with E-state index in [1.54, 1.807) is 6.07 Å². The van der Waals surface area contributed by atoms with Crippen LogP contribution in [0, 0.1) is 5.92 Å². The molecule has 2 N–H and O–H groups in total. The van der Waals surface area contributed by atoms with Gasteiger partial charge in [0.2, 0.25) is 0 Å². The highest BCUT2D eigenvalue weighted by Crippen LogP contribution is 2.51. The van der Waals surface area contributed by atoms with Gasteiger partial charge in [-0.05, 0) is 24.5 Å². The fraction of sp³-hybridized carbons (Fsp3) is 0.333. The Balaban J connectivity index is 1.81. The number of fused-ring (bicyclic) bond motifs is 3. The van der Waals surface area contributed by atoms with Gasteiger partial charge in [-0.1, -0.05) is 42.5 Å². The summed E-state index contributed by atoms with van der Waals surface area (Å²) in [6.07, 6.45) is 2.32. The van der Waals surface area contributed by atoms with E-state index in [1.165, 1.54) is 5.56 Å². The van der Waals surface area contributed by atoms with E-state index in [2.05, 4.69) is 35.6 Å². The molecular formula is C18H19NO2. The molecule has 3 atom stereocenters. The fourth-order valence-electron chi connectivity index (χ4n) is 3.67. The Morgan fingerprint density at radius 3 is 2.76 bits per heavy atom. The Bertz CT molecular complexity index is 641. The van der Waals surface area contributed by atoms with Crippen molar-refractivity contribution >= 4 is 5.69 Å². The van der Waals surface area contributed by atoms with E-state index in [0.29, 0.717) is 11.7 Å². The number of aromatic hydroxyl groups is 1. The first-order valence-electron chi connectivity index (χ1n) is 7.59. The highest BCUT2D eigenvalue weighted by atomic mass is 16.5. The van der Waals surface area contributed by atoms with Gasteiger partial charge in [0.05, 0.1) is 17.8 Å². The summed E-state index contributed by atoms with van der Waals surface area (Å²) < 4.78 is 6.06. The number of rotatable bonds is 1. The smallest absolute Gasteiger partial charge is 0.139 e. The quantitative estimate of drug-likeness (QED) is 0.776. The Morgan fingerprint density at radius 2 is 1.90 bits per heavy atom. The second kappa shape index (κ2) is 5.08. The number of phenols is 1. The molecule has 3 nitrogen and oxygen atoms in total. The molecule has 0 radical (unpaired) electrons. The van der Waals surface area contributed by atoms with Crippen LogP contribution in [0.5, 0.6) is 5.75 Å². The lowest BCUT2D eigenvalue weighted by Crippen LogP contribution is -2.35. The van der Waals surface area contributed by atoms with Crippen LogP contribution in [0.15, 0.2) is 48.5 Å². The first kappa shape index (κ1) is 12.7. The van der Waals surface area contributed by atoms with E-state index in [-0.39, 0.29) is 12.1 Å². The van der Waals surface area contributed by atoms with Crippen LogP contribution in [0.3, 0.4) is 0 Å². The second-order valence-corrected chi connectivity index (χ2v) is 5.87. The van der Waals surface area contributed by atoms with Crippen LogP contribution in [-0.2, 0) is 4.74 Å².